The molecule has 0 saturated carbocycles. The fourth-order valence-corrected chi connectivity index (χ4v) is 4.15. The molecular formula is C25H32N2O5. The Balaban J connectivity index is 1.96. The highest BCUT2D eigenvalue weighted by molar-refractivity contribution is 5.95. The van der Waals surface area contributed by atoms with Gasteiger partial charge in [0.15, 0.2) is 11.5 Å². The van der Waals surface area contributed by atoms with Crippen LogP contribution in [-0.2, 0) is 4.79 Å². The molecule has 2 atom stereocenters. The van der Waals surface area contributed by atoms with Crippen LogP contribution in [0.5, 0.6) is 17.2 Å². The third-order valence-electron chi connectivity index (χ3n) is 5.91. The van der Waals surface area contributed by atoms with Crippen LogP contribution < -0.4 is 19.5 Å². The number of hydrogen-bond acceptors (Lipinski definition) is 5. The predicted molar refractivity (Wildman–Crippen MR) is 123 cm³/mol. The summed E-state index contributed by atoms with van der Waals surface area (Å²) >= 11 is 0. The van der Waals surface area contributed by atoms with Crippen LogP contribution in [0.2, 0.25) is 0 Å². The van der Waals surface area contributed by atoms with Gasteiger partial charge in [-0.2, -0.15) is 0 Å². The fraction of sp³-hybridized carbons (Fsp3) is 0.440. The van der Waals surface area contributed by atoms with Crippen LogP contribution in [0.25, 0.3) is 0 Å². The maximum atomic E-state index is 13.2. The standard InChI is InChI=1S/C25H32N2O5/c1-6-11-26-24(28)20-15-27(25(29)17-9-7-16(2)8-10-17)14-19(20)18-12-21(30-3)23(32-5)22(13-18)31-4/h7-10,12-13,19-20H,6,11,14-15H2,1-5H3,(H,26,28)/t19-,20-/m1/s1. The van der Waals surface area contributed by atoms with E-state index in [1.54, 1.807) is 26.2 Å². The molecule has 1 aliphatic rings. The number of carbonyl (C=O) groups excluding carboxylic acids is 2. The summed E-state index contributed by atoms with van der Waals surface area (Å²) < 4.78 is 16.5. The van der Waals surface area contributed by atoms with Crippen LogP contribution in [-0.4, -0.2) is 57.7 Å². The summed E-state index contributed by atoms with van der Waals surface area (Å²) in [4.78, 5) is 28.0. The number of aryl methyl sites for hydroxylation is 1. The number of carbonyl (C=O) groups is 2. The molecule has 2 aromatic rings. The van der Waals surface area contributed by atoms with Gasteiger partial charge in [0.05, 0.1) is 27.2 Å². The van der Waals surface area contributed by atoms with E-state index in [0.717, 1.165) is 17.5 Å². The summed E-state index contributed by atoms with van der Waals surface area (Å²) in [6.45, 7) is 5.37. The van der Waals surface area contributed by atoms with E-state index in [4.69, 9.17) is 14.2 Å². The molecule has 1 saturated heterocycles. The smallest absolute Gasteiger partial charge is 0.253 e. The van der Waals surface area contributed by atoms with Crippen molar-refractivity contribution < 1.29 is 23.8 Å². The lowest BCUT2D eigenvalue weighted by atomic mass is 9.88. The molecule has 172 valence electrons. The van der Waals surface area contributed by atoms with Gasteiger partial charge in [-0.15, -0.1) is 0 Å². The summed E-state index contributed by atoms with van der Waals surface area (Å²) in [6.07, 6.45) is 0.847. The van der Waals surface area contributed by atoms with Crippen LogP contribution in [0.1, 0.15) is 40.7 Å². The highest BCUT2D eigenvalue weighted by atomic mass is 16.5. The Bertz CT molecular complexity index is 932. The van der Waals surface area contributed by atoms with Crippen molar-refractivity contribution in [1.29, 1.82) is 0 Å². The van der Waals surface area contributed by atoms with Crippen molar-refractivity contribution in [2.24, 2.45) is 5.92 Å². The van der Waals surface area contributed by atoms with Gasteiger partial charge in [0.25, 0.3) is 5.91 Å². The van der Waals surface area contributed by atoms with Crippen molar-refractivity contribution in [3.05, 3.63) is 53.1 Å². The van der Waals surface area contributed by atoms with E-state index in [2.05, 4.69) is 5.32 Å². The Kier molecular flexibility index (Phi) is 7.62. The van der Waals surface area contributed by atoms with Gasteiger partial charge in [-0.3, -0.25) is 9.59 Å². The van der Waals surface area contributed by atoms with E-state index in [0.29, 0.717) is 42.4 Å². The first-order valence-corrected chi connectivity index (χ1v) is 10.9. The third kappa shape index (κ3) is 4.82. The Morgan fingerprint density at radius 1 is 1.00 bits per heavy atom. The van der Waals surface area contributed by atoms with Crippen LogP contribution in [0, 0.1) is 12.8 Å². The fourth-order valence-electron chi connectivity index (χ4n) is 4.15. The molecule has 7 nitrogen and oxygen atoms in total. The number of benzene rings is 2. The summed E-state index contributed by atoms with van der Waals surface area (Å²) in [5, 5.41) is 3.00. The van der Waals surface area contributed by atoms with Gasteiger partial charge in [0.2, 0.25) is 11.7 Å². The van der Waals surface area contributed by atoms with Gasteiger partial charge in [0, 0.05) is 31.1 Å². The number of amides is 2. The molecule has 1 N–H and O–H groups in total. The maximum absolute atomic E-state index is 13.2. The Morgan fingerprint density at radius 2 is 1.62 bits per heavy atom. The normalized spacial score (nSPS) is 17.7. The summed E-state index contributed by atoms with van der Waals surface area (Å²) in [5.41, 5.74) is 2.58. The van der Waals surface area contributed by atoms with E-state index in [9.17, 15) is 9.59 Å². The van der Waals surface area contributed by atoms with Gasteiger partial charge in [-0.1, -0.05) is 24.6 Å². The number of nitrogens with one attached hydrogen (secondary N) is 1. The molecule has 1 heterocycles. The first-order valence-electron chi connectivity index (χ1n) is 10.9. The number of ether oxygens (including phenoxy) is 3. The quantitative estimate of drug-likeness (QED) is 0.681. The van der Waals surface area contributed by atoms with Gasteiger partial charge in [-0.05, 0) is 43.2 Å². The highest BCUT2D eigenvalue weighted by Gasteiger charge is 2.41. The largest absolute Gasteiger partial charge is 0.493 e. The molecule has 1 fully saturated rings. The van der Waals surface area contributed by atoms with E-state index in [-0.39, 0.29) is 23.7 Å². The first kappa shape index (κ1) is 23.4. The molecule has 32 heavy (non-hydrogen) atoms. The Labute approximate surface area is 189 Å². The van der Waals surface area contributed by atoms with Crippen LogP contribution in [0.4, 0.5) is 0 Å². The van der Waals surface area contributed by atoms with Crippen molar-refractivity contribution in [3.8, 4) is 17.2 Å². The molecule has 2 amide bonds. The van der Waals surface area contributed by atoms with Gasteiger partial charge < -0.3 is 24.4 Å². The molecular weight excluding hydrogens is 408 g/mol. The first-order chi connectivity index (χ1) is 15.4. The minimum absolute atomic E-state index is 0.0511. The minimum Gasteiger partial charge on any atom is -0.493 e. The molecule has 0 unspecified atom stereocenters. The third-order valence-corrected chi connectivity index (χ3v) is 5.91. The zero-order valence-corrected chi connectivity index (χ0v) is 19.4. The second-order valence-corrected chi connectivity index (χ2v) is 8.04. The molecule has 0 radical (unpaired) electrons. The molecule has 0 aliphatic carbocycles. The van der Waals surface area contributed by atoms with Crippen molar-refractivity contribution in [2.75, 3.05) is 41.0 Å². The average molecular weight is 441 g/mol. The highest BCUT2D eigenvalue weighted by Crippen LogP contribution is 2.43. The molecule has 0 aromatic heterocycles. The monoisotopic (exact) mass is 440 g/mol. The lowest BCUT2D eigenvalue weighted by Crippen LogP contribution is -2.36. The summed E-state index contributed by atoms with van der Waals surface area (Å²) in [7, 11) is 4.68. The second-order valence-electron chi connectivity index (χ2n) is 8.04. The van der Waals surface area contributed by atoms with Crippen LogP contribution >= 0.6 is 0 Å². The van der Waals surface area contributed by atoms with Gasteiger partial charge in [-0.25, -0.2) is 0 Å². The number of methoxy groups -OCH3 is 3. The van der Waals surface area contributed by atoms with Crippen LogP contribution in [0.15, 0.2) is 36.4 Å². The Hall–Kier alpha value is -3.22. The summed E-state index contributed by atoms with van der Waals surface area (Å²) in [5.74, 6) is 0.846. The van der Waals surface area contributed by atoms with Gasteiger partial charge in [0.1, 0.15) is 0 Å². The summed E-state index contributed by atoms with van der Waals surface area (Å²) in [6, 6.07) is 11.2. The average Bonchev–Trinajstić information content (AvgIpc) is 3.27. The second kappa shape index (κ2) is 10.4. The van der Waals surface area contributed by atoms with E-state index >= 15 is 0 Å². The number of likely N-dealkylation sites (tertiary alicyclic amines) is 1. The SMILES string of the molecule is CCCNC(=O)[C@@H]1CN(C(=O)c2ccc(C)cc2)C[C@@H]1c1cc(OC)c(OC)c(OC)c1. The van der Waals surface area contributed by atoms with Crippen LogP contribution in [0.3, 0.4) is 0 Å². The molecule has 2 aromatic carbocycles. The minimum atomic E-state index is -0.376. The van der Waals surface area contributed by atoms with Crippen molar-refractivity contribution in [3.63, 3.8) is 0 Å². The predicted octanol–water partition coefficient (Wildman–Crippen LogP) is 3.40. The lowest BCUT2D eigenvalue weighted by molar-refractivity contribution is -0.124. The number of rotatable bonds is 8. The Morgan fingerprint density at radius 3 is 2.16 bits per heavy atom. The molecule has 0 bridgehead atoms. The van der Waals surface area contributed by atoms with E-state index in [1.807, 2.05) is 50.2 Å². The number of nitrogens with zero attached hydrogens (tertiary/aromatic N) is 1. The molecule has 3 rings (SSSR count). The van der Waals surface area contributed by atoms with E-state index < -0.39 is 0 Å². The zero-order chi connectivity index (χ0) is 23.3. The van der Waals surface area contributed by atoms with E-state index in [1.165, 1.54) is 0 Å². The zero-order valence-electron chi connectivity index (χ0n) is 19.4. The van der Waals surface area contributed by atoms with Gasteiger partial charge >= 0.3 is 0 Å². The van der Waals surface area contributed by atoms with Crippen molar-refractivity contribution >= 4 is 11.8 Å². The number of hydrogen-bond donors (Lipinski definition) is 1. The molecule has 0 spiro atoms. The lowest BCUT2D eigenvalue weighted by Gasteiger charge is -2.21. The van der Waals surface area contributed by atoms with Crippen molar-refractivity contribution in [2.45, 2.75) is 26.2 Å². The van der Waals surface area contributed by atoms with Crippen molar-refractivity contribution in [1.82, 2.24) is 10.2 Å². The maximum Gasteiger partial charge on any atom is 0.253 e. The topological polar surface area (TPSA) is 77.1 Å². The molecule has 1 aliphatic heterocycles. The molecule has 7 heteroatoms.